The molecule has 19 heavy (non-hydrogen) atoms. The van der Waals surface area contributed by atoms with Crippen molar-refractivity contribution in [2.24, 2.45) is 0 Å². The number of likely N-dealkylation sites (tertiary alicyclic amines) is 1. The van der Waals surface area contributed by atoms with Gasteiger partial charge in [0.25, 0.3) is 0 Å². The third-order valence-electron chi connectivity index (χ3n) is 4.91. The van der Waals surface area contributed by atoms with E-state index in [0.717, 1.165) is 38.8 Å². The number of Topliss-reactive ketones (excluding diaryl/α,β-unsaturated/α-hetero) is 1. The lowest BCUT2D eigenvalue weighted by molar-refractivity contribution is -0.131. The van der Waals surface area contributed by atoms with Crippen molar-refractivity contribution in [3.8, 4) is 0 Å². The molecule has 0 spiro atoms. The van der Waals surface area contributed by atoms with Crippen molar-refractivity contribution in [3.63, 3.8) is 0 Å². The van der Waals surface area contributed by atoms with E-state index in [-0.39, 0.29) is 5.54 Å². The molecule has 2 heteroatoms. The fourth-order valence-corrected chi connectivity index (χ4v) is 3.53. The lowest BCUT2D eigenvalue weighted by Gasteiger charge is -2.39. The molecule has 1 heterocycles. The van der Waals surface area contributed by atoms with Crippen LogP contribution in [0.15, 0.2) is 0 Å². The quantitative estimate of drug-likeness (QED) is 0.540. The van der Waals surface area contributed by atoms with Crippen molar-refractivity contribution in [2.45, 2.75) is 90.5 Å². The lowest BCUT2D eigenvalue weighted by atomic mass is 9.83. The van der Waals surface area contributed by atoms with Gasteiger partial charge in [-0.1, -0.05) is 46.5 Å². The minimum atomic E-state index is -0.138. The highest BCUT2D eigenvalue weighted by Crippen LogP contribution is 2.30. The van der Waals surface area contributed by atoms with Gasteiger partial charge >= 0.3 is 0 Å². The van der Waals surface area contributed by atoms with Gasteiger partial charge in [-0.2, -0.15) is 0 Å². The molecule has 0 N–H and O–H groups in total. The normalized spacial score (nSPS) is 17.0. The van der Waals surface area contributed by atoms with Gasteiger partial charge in [0.15, 0.2) is 5.78 Å². The highest BCUT2D eigenvalue weighted by Gasteiger charge is 2.40. The smallest absolute Gasteiger partial charge is 0.153 e. The first-order chi connectivity index (χ1) is 9.21. The topological polar surface area (TPSA) is 20.3 Å². The van der Waals surface area contributed by atoms with Crippen LogP contribution in [0.25, 0.3) is 0 Å². The molecular weight excluding hydrogens is 234 g/mol. The van der Waals surface area contributed by atoms with Crippen LogP contribution in [0.2, 0.25) is 0 Å². The van der Waals surface area contributed by atoms with E-state index in [9.17, 15) is 4.79 Å². The van der Waals surface area contributed by atoms with Crippen LogP contribution in [-0.4, -0.2) is 29.3 Å². The molecule has 1 rings (SSSR count). The molecule has 0 aromatic carbocycles. The summed E-state index contributed by atoms with van der Waals surface area (Å²) >= 11 is 0. The van der Waals surface area contributed by atoms with Crippen molar-refractivity contribution in [3.05, 3.63) is 0 Å². The van der Waals surface area contributed by atoms with Crippen LogP contribution in [0.5, 0.6) is 0 Å². The Balaban J connectivity index is 2.47. The average Bonchev–Trinajstić information content (AvgIpc) is 2.95. The van der Waals surface area contributed by atoms with Crippen LogP contribution in [0.3, 0.4) is 0 Å². The standard InChI is InChI=1S/C17H33NO/c1-4-7-8-9-10-13-16(19)17(5-2,6-3)18-14-11-12-15-18/h4-15H2,1-3H3. The van der Waals surface area contributed by atoms with Gasteiger partial charge in [0, 0.05) is 6.42 Å². The molecule has 0 amide bonds. The summed E-state index contributed by atoms with van der Waals surface area (Å²) in [5.74, 6) is 0.510. The molecule has 1 fully saturated rings. The van der Waals surface area contributed by atoms with Crippen LogP contribution >= 0.6 is 0 Å². The average molecular weight is 267 g/mol. The van der Waals surface area contributed by atoms with Crippen molar-refractivity contribution >= 4 is 5.78 Å². The van der Waals surface area contributed by atoms with Crippen molar-refractivity contribution in [2.75, 3.05) is 13.1 Å². The minimum Gasteiger partial charge on any atom is -0.298 e. The van der Waals surface area contributed by atoms with Crippen LogP contribution in [0.1, 0.15) is 85.0 Å². The monoisotopic (exact) mass is 267 g/mol. The predicted molar refractivity (Wildman–Crippen MR) is 82.5 cm³/mol. The first-order valence-corrected chi connectivity index (χ1v) is 8.49. The SMILES string of the molecule is CCCCCCCC(=O)C(CC)(CC)N1CCCC1. The fourth-order valence-electron chi connectivity index (χ4n) is 3.53. The summed E-state index contributed by atoms with van der Waals surface area (Å²) in [6.07, 6.45) is 11.5. The van der Waals surface area contributed by atoms with Crippen LogP contribution in [0.4, 0.5) is 0 Å². The summed E-state index contributed by atoms with van der Waals surface area (Å²) in [7, 11) is 0. The molecule has 0 radical (unpaired) electrons. The zero-order valence-electron chi connectivity index (χ0n) is 13.3. The number of hydrogen-bond donors (Lipinski definition) is 0. The van der Waals surface area contributed by atoms with E-state index in [1.807, 2.05) is 0 Å². The maximum atomic E-state index is 12.7. The van der Waals surface area contributed by atoms with E-state index < -0.39 is 0 Å². The predicted octanol–water partition coefficient (Wildman–Crippen LogP) is 4.57. The van der Waals surface area contributed by atoms with E-state index in [2.05, 4.69) is 25.7 Å². The Labute approximate surface area is 119 Å². The van der Waals surface area contributed by atoms with E-state index in [1.54, 1.807) is 0 Å². The van der Waals surface area contributed by atoms with Gasteiger partial charge < -0.3 is 0 Å². The second-order valence-corrected chi connectivity index (χ2v) is 6.02. The van der Waals surface area contributed by atoms with E-state index in [4.69, 9.17) is 0 Å². The number of ketones is 1. The molecule has 0 bridgehead atoms. The maximum absolute atomic E-state index is 12.7. The first-order valence-electron chi connectivity index (χ1n) is 8.49. The summed E-state index contributed by atoms with van der Waals surface area (Å²) in [4.78, 5) is 15.2. The highest BCUT2D eigenvalue weighted by molar-refractivity contribution is 5.88. The zero-order chi connectivity index (χ0) is 14.1. The van der Waals surface area contributed by atoms with Crippen molar-refractivity contribution in [1.82, 2.24) is 4.90 Å². The number of carbonyl (C=O) groups excluding carboxylic acids is 1. The summed E-state index contributed by atoms with van der Waals surface area (Å²) < 4.78 is 0. The van der Waals surface area contributed by atoms with Crippen LogP contribution < -0.4 is 0 Å². The fraction of sp³-hybridized carbons (Fsp3) is 0.941. The van der Waals surface area contributed by atoms with Gasteiger partial charge in [0.05, 0.1) is 5.54 Å². The first kappa shape index (κ1) is 16.7. The van der Waals surface area contributed by atoms with Crippen LogP contribution in [-0.2, 0) is 4.79 Å². The zero-order valence-corrected chi connectivity index (χ0v) is 13.3. The van der Waals surface area contributed by atoms with Crippen molar-refractivity contribution in [1.29, 1.82) is 0 Å². The molecule has 1 aliphatic rings. The Bertz CT molecular complexity index is 252. The molecule has 0 unspecified atom stereocenters. The Morgan fingerprint density at radius 1 is 0.947 bits per heavy atom. The number of unbranched alkanes of at least 4 members (excludes halogenated alkanes) is 4. The van der Waals surface area contributed by atoms with E-state index >= 15 is 0 Å². The molecular formula is C17H33NO. The number of nitrogens with zero attached hydrogens (tertiary/aromatic N) is 1. The molecule has 0 aromatic rings. The summed E-state index contributed by atoms with van der Waals surface area (Å²) in [5.41, 5.74) is -0.138. The Kier molecular flexibility index (Phi) is 7.67. The molecule has 2 nitrogen and oxygen atoms in total. The molecule has 1 saturated heterocycles. The molecule has 1 aliphatic heterocycles. The third-order valence-corrected chi connectivity index (χ3v) is 4.91. The Hall–Kier alpha value is -0.370. The Morgan fingerprint density at radius 3 is 2.05 bits per heavy atom. The number of hydrogen-bond acceptors (Lipinski definition) is 2. The molecule has 0 aromatic heterocycles. The van der Waals surface area contributed by atoms with Gasteiger partial charge in [-0.3, -0.25) is 9.69 Å². The van der Waals surface area contributed by atoms with Crippen LogP contribution in [0, 0.1) is 0 Å². The van der Waals surface area contributed by atoms with Gasteiger partial charge in [0.1, 0.15) is 0 Å². The van der Waals surface area contributed by atoms with Crippen molar-refractivity contribution < 1.29 is 4.79 Å². The second-order valence-electron chi connectivity index (χ2n) is 6.02. The molecule has 0 aliphatic carbocycles. The Morgan fingerprint density at radius 2 is 1.53 bits per heavy atom. The van der Waals surface area contributed by atoms with E-state index in [0.29, 0.717) is 5.78 Å². The van der Waals surface area contributed by atoms with Gasteiger partial charge in [-0.05, 0) is 45.2 Å². The summed E-state index contributed by atoms with van der Waals surface area (Å²) in [6.45, 7) is 8.87. The van der Waals surface area contributed by atoms with Gasteiger partial charge in [-0.25, -0.2) is 0 Å². The lowest BCUT2D eigenvalue weighted by Crippen LogP contribution is -2.52. The third kappa shape index (κ3) is 4.30. The van der Waals surface area contributed by atoms with E-state index in [1.165, 1.54) is 38.5 Å². The summed E-state index contributed by atoms with van der Waals surface area (Å²) in [5, 5.41) is 0. The molecule has 112 valence electrons. The number of carbonyl (C=O) groups is 1. The highest BCUT2D eigenvalue weighted by atomic mass is 16.1. The minimum absolute atomic E-state index is 0.138. The van der Waals surface area contributed by atoms with Gasteiger partial charge in [-0.15, -0.1) is 0 Å². The molecule has 0 saturated carbocycles. The second kappa shape index (κ2) is 8.73. The maximum Gasteiger partial charge on any atom is 0.153 e. The molecule has 0 atom stereocenters. The van der Waals surface area contributed by atoms with Gasteiger partial charge in [0.2, 0.25) is 0 Å². The summed E-state index contributed by atoms with van der Waals surface area (Å²) in [6, 6.07) is 0. The number of rotatable bonds is 10. The largest absolute Gasteiger partial charge is 0.298 e.